The topological polar surface area (TPSA) is 35.5 Å². The monoisotopic (exact) mass is 314 g/mol. The van der Waals surface area contributed by atoms with Crippen molar-refractivity contribution in [3.8, 4) is 0 Å². The molecule has 3 nitrogen and oxygen atoms in total. The van der Waals surface area contributed by atoms with Crippen molar-refractivity contribution in [3.05, 3.63) is 11.1 Å². The molecule has 0 atom stereocenters. The van der Waals surface area contributed by atoms with Crippen LogP contribution in [0.3, 0.4) is 0 Å². The van der Waals surface area contributed by atoms with E-state index in [0.29, 0.717) is 13.2 Å². The maximum atomic E-state index is 12.5. The quantitative estimate of drug-likeness (QED) is 0.309. The third-order valence-electron chi connectivity index (χ3n) is 2.15. The van der Waals surface area contributed by atoms with Crippen molar-refractivity contribution in [3.63, 3.8) is 0 Å². The summed E-state index contributed by atoms with van der Waals surface area (Å²) in [4.78, 5) is 0. The van der Waals surface area contributed by atoms with Gasteiger partial charge in [0.2, 0.25) is 0 Å². The van der Waals surface area contributed by atoms with Gasteiger partial charge in [0.15, 0.2) is 0 Å². The lowest BCUT2D eigenvalue weighted by Crippen LogP contribution is -1.81. The molecule has 0 aromatic heterocycles. The summed E-state index contributed by atoms with van der Waals surface area (Å²) in [6.07, 6.45) is 2.25. The summed E-state index contributed by atoms with van der Waals surface area (Å²) in [5, 5.41) is 0. The van der Waals surface area contributed by atoms with Gasteiger partial charge in [-0.1, -0.05) is 29.5 Å². The minimum Gasteiger partial charge on any atom is -0.307 e. The van der Waals surface area contributed by atoms with Crippen LogP contribution in [0.15, 0.2) is 11.1 Å². The second kappa shape index (κ2) is 8.18. The van der Waals surface area contributed by atoms with Crippen LogP contribution in [-0.4, -0.2) is 19.0 Å². The van der Waals surface area contributed by atoms with Crippen LogP contribution in [0.25, 0.3) is 0 Å². The second-order valence-corrected chi connectivity index (χ2v) is 14.0. The van der Waals surface area contributed by atoms with Crippen molar-refractivity contribution < 1.29 is 12.9 Å². The van der Waals surface area contributed by atoms with Gasteiger partial charge in [-0.25, -0.2) is 0 Å². The summed E-state index contributed by atoms with van der Waals surface area (Å²) in [6, 6.07) is 0. The van der Waals surface area contributed by atoms with Gasteiger partial charge < -0.3 is 8.37 Å². The average Bonchev–Trinajstić information content (AvgIpc) is 3.10. The molecule has 1 rings (SSSR count). The predicted molar refractivity (Wildman–Crippen MR) is 80.4 cm³/mol. The Morgan fingerprint density at radius 1 is 1.12 bits per heavy atom. The third-order valence-corrected chi connectivity index (χ3v) is 11.1. The van der Waals surface area contributed by atoms with Crippen LogP contribution in [0.2, 0.25) is 0 Å². The number of allylic oxidation sites excluding steroid dienone is 1. The summed E-state index contributed by atoms with van der Waals surface area (Å²) in [7, 11) is 0. The first-order valence-corrected chi connectivity index (χ1v) is 11.7. The zero-order valence-electron chi connectivity index (χ0n) is 10.4. The first kappa shape index (κ1) is 16.0. The highest BCUT2D eigenvalue weighted by Crippen LogP contribution is 2.78. The fraction of sp³-hybridized carbons (Fsp3) is 0.800. The van der Waals surface area contributed by atoms with Crippen LogP contribution < -0.4 is 0 Å². The largest absolute Gasteiger partial charge is 0.307 e. The van der Waals surface area contributed by atoms with Crippen molar-refractivity contribution in [2.75, 3.05) is 19.0 Å². The summed E-state index contributed by atoms with van der Waals surface area (Å²) in [5.41, 5.74) is 2.97. The molecule has 1 aliphatic rings. The summed E-state index contributed by atoms with van der Waals surface area (Å²) >= 11 is 3.62. The Hall–Kier alpha value is 0.940. The minimum absolute atomic E-state index is 0.560. The van der Waals surface area contributed by atoms with Gasteiger partial charge in [-0.2, -0.15) is 0 Å². The van der Waals surface area contributed by atoms with Gasteiger partial charge in [-0.05, 0) is 26.7 Å². The minimum atomic E-state index is -2.53. The lowest BCUT2D eigenvalue weighted by Gasteiger charge is -2.13. The Kier molecular flexibility index (Phi) is 7.70. The molecular formula is C10H19O3PS3. The van der Waals surface area contributed by atoms with E-state index in [9.17, 15) is 4.57 Å². The van der Waals surface area contributed by atoms with Crippen molar-refractivity contribution in [2.45, 2.75) is 33.6 Å². The molecule has 0 fully saturated rings. The molecule has 1 aliphatic carbocycles. The second-order valence-electron chi connectivity index (χ2n) is 3.42. The molecule has 0 heterocycles. The van der Waals surface area contributed by atoms with Gasteiger partial charge >= 0.3 is 0 Å². The van der Waals surface area contributed by atoms with E-state index in [1.807, 2.05) is 13.8 Å². The number of hydrogen-bond acceptors (Lipinski definition) is 6. The summed E-state index contributed by atoms with van der Waals surface area (Å²) < 4.78 is 20.4. The van der Waals surface area contributed by atoms with Crippen LogP contribution in [0.5, 0.6) is 0 Å². The lowest BCUT2D eigenvalue weighted by atomic mass is 10.4. The molecule has 7 heteroatoms. The molecule has 0 radical (unpaired) electrons. The third kappa shape index (κ3) is 6.08. The highest BCUT2D eigenvalue weighted by molar-refractivity contribution is 9.13. The van der Waals surface area contributed by atoms with E-state index in [1.54, 1.807) is 0 Å². The predicted octanol–water partition coefficient (Wildman–Crippen LogP) is 5.31. The molecule has 0 aromatic carbocycles. The summed E-state index contributed by atoms with van der Waals surface area (Å²) in [6.45, 7) is 7.07. The Labute approximate surface area is 116 Å². The van der Waals surface area contributed by atoms with Crippen molar-refractivity contribution in [1.29, 1.82) is 0 Å². The molecule has 0 aliphatic heterocycles. The van der Waals surface area contributed by atoms with Crippen LogP contribution in [0, 0.1) is 0 Å². The average molecular weight is 314 g/mol. The van der Waals surface area contributed by atoms with Gasteiger partial charge in [0.05, 0.1) is 36.5 Å². The molecule has 0 aromatic rings. The molecule has 0 saturated carbocycles. The Bertz CT molecular complexity index is 308. The fourth-order valence-corrected chi connectivity index (χ4v) is 8.57. The van der Waals surface area contributed by atoms with Crippen molar-refractivity contribution in [2.24, 2.45) is 0 Å². The van der Waals surface area contributed by atoms with Crippen LogP contribution in [0.4, 0.5) is 0 Å². The summed E-state index contributed by atoms with van der Waals surface area (Å²) in [5.74, 6) is 0.848. The lowest BCUT2D eigenvalue weighted by molar-refractivity contribution is 0.404. The molecule has 0 saturated heterocycles. The van der Waals surface area contributed by atoms with E-state index in [0.717, 1.165) is 41.9 Å². The van der Waals surface area contributed by atoms with Gasteiger partial charge in [0.25, 0.3) is 4.75 Å². The first-order chi connectivity index (χ1) is 8.15. The Morgan fingerprint density at radius 3 is 2.12 bits per heavy atom. The van der Waals surface area contributed by atoms with Gasteiger partial charge in [-0.15, -0.1) is 0 Å². The molecule has 0 amide bonds. The van der Waals surface area contributed by atoms with E-state index < -0.39 is 4.75 Å². The van der Waals surface area contributed by atoms with Crippen LogP contribution in [0.1, 0.15) is 33.6 Å². The van der Waals surface area contributed by atoms with Crippen molar-refractivity contribution >= 4 is 39.5 Å². The van der Waals surface area contributed by atoms with E-state index in [4.69, 9.17) is 8.37 Å². The Balaban J connectivity index is 2.39. The molecular weight excluding hydrogens is 295 g/mol. The smallest absolute Gasteiger partial charge is 0.295 e. The van der Waals surface area contributed by atoms with E-state index in [-0.39, 0.29) is 0 Å². The molecule has 17 heavy (non-hydrogen) atoms. The van der Waals surface area contributed by atoms with Gasteiger partial charge in [0.1, 0.15) is 0 Å². The van der Waals surface area contributed by atoms with E-state index in [2.05, 4.69) is 6.92 Å². The maximum Gasteiger partial charge on any atom is 0.295 e. The maximum absolute atomic E-state index is 12.5. The standard InChI is InChI=1S/C10H19O3PS3/c1-4-9-7-10(9)8-15-14(11,16-12-5-2)17-13-6-3/h4-8H2,1-3H3. The molecule has 0 spiro atoms. The van der Waals surface area contributed by atoms with E-state index >= 15 is 0 Å². The normalized spacial score (nSPS) is 15.5. The molecule has 0 unspecified atom stereocenters. The number of hydrogen-bond donors (Lipinski definition) is 0. The molecule has 0 N–H and O–H groups in total. The zero-order chi connectivity index (χ0) is 12.7. The van der Waals surface area contributed by atoms with Crippen LogP contribution >= 0.6 is 39.5 Å². The highest BCUT2D eigenvalue weighted by atomic mass is 33.4. The number of rotatable bonds is 10. The molecule has 100 valence electrons. The van der Waals surface area contributed by atoms with Crippen molar-refractivity contribution in [1.82, 2.24) is 0 Å². The Morgan fingerprint density at radius 2 is 1.71 bits per heavy atom. The zero-order valence-corrected chi connectivity index (χ0v) is 13.8. The van der Waals surface area contributed by atoms with Crippen LogP contribution in [-0.2, 0) is 12.9 Å². The van der Waals surface area contributed by atoms with Gasteiger partial charge in [-0.3, -0.25) is 4.57 Å². The highest BCUT2D eigenvalue weighted by Gasteiger charge is 2.30. The SMILES string of the molecule is CCOSP(=O)(SCC1=C(CC)C1)SOCC. The van der Waals surface area contributed by atoms with E-state index in [1.165, 1.54) is 22.5 Å². The van der Waals surface area contributed by atoms with Gasteiger partial charge in [0, 0.05) is 5.75 Å². The molecule has 0 bridgehead atoms. The first-order valence-electron chi connectivity index (χ1n) is 5.72. The fourth-order valence-electron chi connectivity index (χ4n) is 1.19.